The van der Waals surface area contributed by atoms with Crippen molar-refractivity contribution in [2.24, 2.45) is 11.0 Å². The Kier molecular flexibility index (Phi) is 4.68. The van der Waals surface area contributed by atoms with Crippen molar-refractivity contribution in [3.63, 3.8) is 0 Å². The van der Waals surface area contributed by atoms with Crippen molar-refractivity contribution < 1.29 is 13.2 Å². The van der Waals surface area contributed by atoms with Crippen LogP contribution in [0.5, 0.6) is 0 Å². The smallest absolute Gasteiger partial charge is 0.244 e. The van der Waals surface area contributed by atoms with Crippen molar-refractivity contribution in [1.82, 2.24) is 5.43 Å². The first-order valence-corrected chi connectivity index (χ1v) is 8.14. The Morgan fingerprint density at radius 3 is 2.70 bits per heavy atom. The van der Waals surface area contributed by atoms with Crippen LogP contribution < -0.4 is 5.43 Å². The van der Waals surface area contributed by atoms with Gasteiger partial charge in [-0.3, -0.25) is 4.79 Å². The predicted octanol–water partition coefficient (Wildman–Crippen LogP) is 1.24. The summed E-state index contributed by atoms with van der Waals surface area (Å²) in [5.74, 6) is -0.803. The molecule has 2 rings (SSSR count). The van der Waals surface area contributed by atoms with Crippen molar-refractivity contribution in [3.05, 3.63) is 42.0 Å². The van der Waals surface area contributed by atoms with E-state index < -0.39 is 15.8 Å². The molecule has 0 saturated carbocycles. The lowest BCUT2D eigenvalue weighted by atomic mass is 10.1. The second kappa shape index (κ2) is 6.47. The van der Waals surface area contributed by atoms with E-state index in [-0.39, 0.29) is 17.4 Å². The van der Waals surface area contributed by atoms with Crippen LogP contribution in [0.3, 0.4) is 0 Å². The van der Waals surface area contributed by atoms with Gasteiger partial charge in [0, 0.05) is 6.21 Å². The molecular formula is C14H16N2O3S. The molecule has 6 heteroatoms. The average Bonchev–Trinajstić information content (AvgIpc) is 2.80. The number of carbonyl (C=O) groups is 1. The van der Waals surface area contributed by atoms with Gasteiger partial charge in [-0.1, -0.05) is 36.4 Å². The van der Waals surface area contributed by atoms with Gasteiger partial charge in [-0.25, -0.2) is 13.8 Å². The highest BCUT2D eigenvalue weighted by Gasteiger charge is 2.32. The number of hydrogen-bond donors (Lipinski definition) is 1. The maximum absolute atomic E-state index is 11.7. The Hall–Kier alpha value is -1.95. The molecule has 1 aliphatic rings. The number of hydrogen-bond acceptors (Lipinski definition) is 4. The maximum atomic E-state index is 11.7. The average molecular weight is 292 g/mol. The van der Waals surface area contributed by atoms with Crippen LogP contribution in [0.15, 0.2) is 41.5 Å². The molecule has 1 amide bonds. The fourth-order valence-electron chi connectivity index (χ4n) is 1.96. The fourth-order valence-corrected chi connectivity index (χ4v) is 3.70. The highest BCUT2D eigenvalue weighted by molar-refractivity contribution is 7.91. The molecule has 0 aromatic heterocycles. The van der Waals surface area contributed by atoms with E-state index >= 15 is 0 Å². The Bertz CT molecular complexity index is 621. The summed E-state index contributed by atoms with van der Waals surface area (Å²) in [7, 11) is -3.04. The van der Waals surface area contributed by atoms with E-state index in [2.05, 4.69) is 10.5 Å². The van der Waals surface area contributed by atoms with E-state index in [1.165, 1.54) is 6.21 Å². The number of sulfone groups is 1. The van der Waals surface area contributed by atoms with Crippen LogP contribution in [-0.4, -0.2) is 32.0 Å². The Morgan fingerprint density at radius 1 is 1.30 bits per heavy atom. The topological polar surface area (TPSA) is 75.6 Å². The molecule has 5 nitrogen and oxygen atoms in total. The lowest BCUT2D eigenvalue weighted by Gasteiger charge is -2.03. The third-order valence-electron chi connectivity index (χ3n) is 3.03. The van der Waals surface area contributed by atoms with Crippen LogP contribution in [0.25, 0.3) is 6.08 Å². The minimum absolute atomic E-state index is 0.0752. The van der Waals surface area contributed by atoms with Crippen molar-refractivity contribution in [3.8, 4) is 0 Å². The molecule has 106 valence electrons. The highest BCUT2D eigenvalue weighted by atomic mass is 32.2. The molecule has 0 unspecified atom stereocenters. The zero-order valence-electron chi connectivity index (χ0n) is 10.9. The molecule has 1 N–H and O–H groups in total. The third-order valence-corrected chi connectivity index (χ3v) is 4.79. The summed E-state index contributed by atoms with van der Waals surface area (Å²) in [6, 6.07) is 9.69. The Balaban J connectivity index is 1.79. The summed E-state index contributed by atoms with van der Waals surface area (Å²) in [5.41, 5.74) is 3.40. The molecule has 0 aliphatic carbocycles. The quantitative estimate of drug-likeness (QED) is 0.670. The molecule has 1 heterocycles. The number of rotatable bonds is 4. The minimum Gasteiger partial charge on any atom is -0.273 e. The van der Waals surface area contributed by atoms with Gasteiger partial charge in [0.2, 0.25) is 5.91 Å². The van der Waals surface area contributed by atoms with Crippen molar-refractivity contribution in [2.75, 3.05) is 11.5 Å². The summed E-state index contributed by atoms with van der Waals surface area (Å²) in [6.45, 7) is 0. The van der Waals surface area contributed by atoms with E-state index in [0.717, 1.165) is 5.56 Å². The zero-order valence-corrected chi connectivity index (χ0v) is 11.7. The van der Waals surface area contributed by atoms with Gasteiger partial charge in [0.05, 0.1) is 17.4 Å². The second-order valence-electron chi connectivity index (χ2n) is 4.62. The van der Waals surface area contributed by atoms with Gasteiger partial charge in [-0.05, 0) is 18.1 Å². The van der Waals surface area contributed by atoms with E-state index in [4.69, 9.17) is 0 Å². The molecule has 0 radical (unpaired) electrons. The normalized spacial score (nSPS) is 21.5. The van der Waals surface area contributed by atoms with E-state index in [0.29, 0.717) is 6.42 Å². The SMILES string of the molecule is O=C(N/N=C\C=C\c1ccccc1)[C@@H]1CCS(=O)(=O)C1. The van der Waals surface area contributed by atoms with Crippen LogP contribution in [0, 0.1) is 5.92 Å². The first kappa shape index (κ1) is 14.5. The van der Waals surface area contributed by atoms with Gasteiger partial charge in [0.15, 0.2) is 9.84 Å². The number of nitrogens with zero attached hydrogens (tertiary/aromatic N) is 1. The van der Waals surface area contributed by atoms with Gasteiger partial charge in [0.25, 0.3) is 0 Å². The minimum atomic E-state index is -3.04. The summed E-state index contributed by atoms with van der Waals surface area (Å²) < 4.78 is 22.5. The van der Waals surface area contributed by atoms with Gasteiger partial charge in [-0.2, -0.15) is 5.10 Å². The molecule has 0 spiro atoms. The van der Waals surface area contributed by atoms with E-state index in [9.17, 15) is 13.2 Å². The van der Waals surface area contributed by atoms with Crippen LogP contribution in [0.1, 0.15) is 12.0 Å². The molecule has 20 heavy (non-hydrogen) atoms. The molecule has 1 fully saturated rings. The standard InChI is InChI=1S/C14H16N2O3S/c17-14(13-8-10-20(18,19)11-13)16-15-9-4-7-12-5-2-1-3-6-12/h1-7,9,13H,8,10-11H2,(H,16,17)/b7-4+,15-9-/t13-/m1/s1. The Labute approximate surface area is 118 Å². The maximum Gasteiger partial charge on any atom is 0.244 e. The summed E-state index contributed by atoms with van der Waals surface area (Å²) in [5, 5.41) is 3.77. The highest BCUT2D eigenvalue weighted by Crippen LogP contribution is 2.18. The van der Waals surface area contributed by atoms with Gasteiger partial charge >= 0.3 is 0 Å². The summed E-state index contributed by atoms with van der Waals surface area (Å²) >= 11 is 0. The predicted molar refractivity (Wildman–Crippen MR) is 78.9 cm³/mol. The summed E-state index contributed by atoms with van der Waals surface area (Å²) in [4.78, 5) is 11.7. The zero-order chi connectivity index (χ0) is 14.4. The van der Waals surface area contributed by atoms with Gasteiger partial charge < -0.3 is 0 Å². The number of hydrazone groups is 1. The molecule has 1 saturated heterocycles. The number of carbonyl (C=O) groups excluding carboxylic acids is 1. The molecule has 1 aromatic rings. The number of allylic oxidation sites excluding steroid dienone is 1. The number of nitrogens with one attached hydrogen (secondary N) is 1. The first-order chi connectivity index (χ1) is 9.57. The molecule has 1 aliphatic heterocycles. The second-order valence-corrected chi connectivity index (χ2v) is 6.85. The first-order valence-electron chi connectivity index (χ1n) is 6.32. The third kappa shape index (κ3) is 4.31. The van der Waals surface area contributed by atoms with Crippen LogP contribution in [-0.2, 0) is 14.6 Å². The summed E-state index contributed by atoms with van der Waals surface area (Å²) in [6.07, 6.45) is 5.41. The molecule has 1 atom stereocenters. The Morgan fingerprint density at radius 2 is 2.05 bits per heavy atom. The lowest BCUT2D eigenvalue weighted by molar-refractivity contribution is -0.124. The van der Waals surface area contributed by atoms with Gasteiger partial charge in [-0.15, -0.1) is 0 Å². The molecular weight excluding hydrogens is 276 g/mol. The van der Waals surface area contributed by atoms with Crippen LogP contribution >= 0.6 is 0 Å². The van der Waals surface area contributed by atoms with Crippen LogP contribution in [0.2, 0.25) is 0 Å². The number of amides is 1. The fraction of sp³-hybridized carbons (Fsp3) is 0.286. The van der Waals surface area contributed by atoms with Crippen molar-refractivity contribution >= 4 is 28.0 Å². The monoisotopic (exact) mass is 292 g/mol. The van der Waals surface area contributed by atoms with Gasteiger partial charge in [0.1, 0.15) is 0 Å². The molecule has 1 aromatic carbocycles. The van der Waals surface area contributed by atoms with Crippen molar-refractivity contribution in [2.45, 2.75) is 6.42 Å². The molecule has 0 bridgehead atoms. The van der Waals surface area contributed by atoms with E-state index in [1.54, 1.807) is 6.08 Å². The largest absolute Gasteiger partial charge is 0.273 e. The van der Waals surface area contributed by atoms with Crippen LogP contribution in [0.4, 0.5) is 0 Å². The number of benzene rings is 1. The lowest BCUT2D eigenvalue weighted by Crippen LogP contribution is -2.27. The van der Waals surface area contributed by atoms with Crippen molar-refractivity contribution in [1.29, 1.82) is 0 Å². The van der Waals surface area contributed by atoms with E-state index in [1.807, 2.05) is 36.4 Å².